The molecule has 1 N–H and O–H groups in total. The van der Waals surface area contributed by atoms with Gasteiger partial charge in [0.1, 0.15) is 12.1 Å². The van der Waals surface area contributed by atoms with E-state index in [1.165, 1.54) is 6.07 Å². The van der Waals surface area contributed by atoms with E-state index in [1.54, 1.807) is 19.3 Å². The lowest BCUT2D eigenvalue weighted by molar-refractivity contribution is 0.199. The third-order valence-corrected chi connectivity index (χ3v) is 5.24. The molecule has 0 amide bonds. The number of aromatic nitrogens is 2. The Balaban J connectivity index is 1.85. The Morgan fingerprint density at radius 3 is 2.70 bits per heavy atom. The minimum Gasteiger partial charge on any atom is -0.389 e. The van der Waals surface area contributed by atoms with Crippen molar-refractivity contribution in [3.05, 3.63) is 82.9 Å². The van der Waals surface area contributed by atoms with Crippen molar-refractivity contribution in [1.82, 2.24) is 9.55 Å². The summed E-state index contributed by atoms with van der Waals surface area (Å²) in [7, 11) is 0. The molecule has 3 aromatic carbocycles. The summed E-state index contributed by atoms with van der Waals surface area (Å²) in [5.41, 5.74) is 5.32. The van der Waals surface area contributed by atoms with Gasteiger partial charge in [0.2, 0.25) is 0 Å². The van der Waals surface area contributed by atoms with Crippen LogP contribution in [-0.4, -0.2) is 14.7 Å². The van der Waals surface area contributed by atoms with Crippen LogP contribution in [0.25, 0.3) is 27.8 Å². The highest BCUT2D eigenvalue weighted by atomic mass is 35.5. The Morgan fingerprint density at radius 2 is 1.93 bits per heavy atom. The highest BCUT2D eigenvalue weighted by Gasteiger charge is 2.14. The molecule has 0 bridgehead atoms. The van der Waals surface area contributed by atoms with Gasteiger partial charge in [0.05, 0.1) is 22.2 Å². The number of aliphatic hydroxyl groups is 1. The molecule has 0 radical (unpaired) electrons. The van der Waals surface area contributed by atoms with E-state index in [2.05, 4.69) is 4.98 Å². The van der Waals surface area contributed by atoms with Crippen LogP contribution in [-0.2, 0) is 0 Å². The number of aliphatic hydroxyl groups excluding tert-OH is 1. The van der Waals surface area contributed by atoms with Crippen LogP contribution < -0.4 is 0 Å². The molecule has 1 heterocycles. The molecular weight excluding hydrogens is 363 g/mol. The second-order valence-electron chi connectivity index (χ2n) is 6.64. The van der Waals surface area contributed by atoms with Crippen molar-refractivity contribution in [2.75, 3.05) is 0 Å². The molecule has 1 atom stereocenters. The molecule has 1 unspecified atom stereocenters. The summed E-state index contributed by atoms with van der Waals surface area (Å²) in [6, 6.07) is 16.3. The Morgan fingerprint density at radius 1 is 1.11 bits per heavy atom. The van der Waals surface area contributed by atoms with E-state index < -0.39 is 6.10 Å². The molecule has 4 rings (SSSR count). The molecule has 0 fully saturated rings. The van der Waals surface area contributed by atoms with Crippen LogP contribution in [0.2, 0.25) is 5.02 Å². The van der Waals surface area contributed by atoms with E-state index >= 15 is 0 Å². The summed E-state index contributed by atoms with van der Waals surface area (Å²) < 4.78 is 16.4. The third kappa shape index (κ3) is 3.11. The van der Waals surface area contributed by atoms with Gasteiger partial charge in [-0.3, -0.25) is 4.57 Å². The molecule has 5 heteroatoms. The van der Waals surface area contributed by atoms with Crippen LogP contribution in [0.3, 0.4) is 0 Å². The first kappa shape index (κ1) is 17.7. The zero-order chi connectivity index (χ0) is 19.1. The molecular formula is C22H18ClFN2O. The number of aryl methyl sites for hydroxylation is 1. The standard InChI is InChI=1S/C22H18ClFN2O/c1-13-6-8-18(24)21(22(13)23)16-4-3-5-17(10-16)26-12-25-19-11-15(14(2)27)7-9-20(19)26/h3-12,14,27H,1-2H3. The lowest BCUT2D eigenvalue weighted by Crippen LogP contribution is -1.95. The van der Waals surface area contributed by atoms with Crippen molar-refractivity contribution in [3.63, 3.8) is 0 Å². The largest absolute Gasteiger partial charge is 0.389 e. The van der Waals surface area contributed by atoms with E-state index in [4.69, 9.17) is 11.6 Å². The SMILES string of the molecule is Cc1ccc(F)c(-c2cccc(-n3cnc4cc(C(C)O)ccc43)c2)c1Cl. The first-order chi connectivity index (χ1) is 13.0. The molecule has 0 saturated heterocycles. The fourth-order valence-corrected chi connectivity index (χ4v) is 3.49. The normalized spacial score (nSPS) is 12.5. The summed E-state index contributed by atoms with van der Waals surface area (Å²) in [5.74, 6) is -0.347. The van der Waals surface area contributed by atoms with Crippen LogP contribution in [0.15, 0.2) is 60.9 Å². The van der Waals surface area contributed by atoms with Gasteiger partial charge in [-0.1, -0.05) is 35.9 Å². The first-order valence-corrected chi connectivity index (χ1v) is 9.04. The van der Waals surface area contributed by atoms with Gasteiger partial charge in [-0.25, -0.2) is 9.37 Å². The zero-order valence-corrected chi connectivity index (χ0v) is 15.7. The maximum atomic E-state index is 14.4. The number of halogens is 2. The molecule has 4 aromatic rings. The Hall–Kier alpha value is -2.69. The smallest absolute Gasteiger partial charge is 0.132 e. The Labute approximate surface area is 161 Å². The maximum Gasteiger partial charge on any atom is 0.132 e. The van der Waals surface area contributed by atoms with Crippen molar-refractivity contribution >= 4 is 22.6 Å². The van der Waals surface area contributed by atoms with E-state index in [0.29, 0.717) is 16.1 Å². The second kappa shape index (κ2) is 6.80. The van der Waals surface area contributed by atoms with Crippen LogP contribution in [0.4, 0.5) is 4.39 Å². The van der Waals surface area contributed by atoms with Gasteiger partial charge in [0.25, 0.3) is 0 Å². The van der Waals surface area contributed by atoms with Crippen LogP contribution in [0.5, 0.6) is 0 Å². The zero-order valence-electron chi connectivity index (χ0n) is 14.9. The fourth-order valence-electron chi connectivity index (χ4n) is 3.23. The van der Waals surface area contributed by atoms with Gasteiger partial charge in [0.15, 0.2) is 0 Å². The number of fused-ring (bicyclic) bond motifs is 1. The quantitative estimate of drug-likeness (QED) is 0.484. The van der Waals surface area contributed by atoms with Crippen molar-refractivity contribution in [2.24, 2.45) is 0 Å². The monoisotopic (exact) mass is 380 g/mol. The van der Waals surface area contributed by atoms with E-state index in [-0.39, 0.29) is 5.82 Å². The Bertz CT molecular complexity index is 1150. The highest BCUT2D eigenvalue weighted by molar-refractivity contribution is 6.34. The van der Waals surface area contributed by atoms with E-state index in [1.807, 2.05) is 54.0 Å². The van der Waals surface area contributed by atoms with Gasteiger partial charge in [-0.05, 0) is 60.9 Å². The maximum absolute atomic E-state index is 14.4. The number of rotatable bonds is 3. The first-order valence-electron chi connectivity index (χ1n) is 8.66. The average Bonchev–Trinajstić information content (AvgIpc) is 3.08. The van der Waals surface area contributed by atoms with Gasteiger partial charge in [-0.15, -0.1) is 0 Å². The number of benzene rings is 3. The van der Waals surface area contributed by atoms with E-state index in [0.717, 1.165) is 27.8 Å². The minimum atomic E-state index is -0.547. The summed E-state index contributed by atoms with van der Waals surface area (Å²) in [5, 5.41) is 10.2. The number of hydrogen-bond donors (Lipinski definition) is 1. The second-order valence-corrected chi connectivity index (χ2v) is 7.02. The molecule has 27 heavy (non-hydrogen) atoms. The Kier molecular flexibility index (Phi) is 4.46. The van der Waals surface area contributed by atoms with Crippen LogP contribution in [0, 0.1) is 12.7 Å². The van der Waals surface area contributed by atoms with E-state index in [9.17, 15) is 9.50 Å². The number of hydrogen-bond acceptors (Lipinski definition) is 2. The molecule has 0 aliphatic carbocycles. The van der Waals surface area contributed by atoms with Crippen LogP contribution in [0.1, 0.15) is 24.2 Å². The molecule has 0 spiro atoms. The fraction of sp³-hybridized carbons (Fsp3) is 0.136. The number of imidazole rings is 1. The van der Waals surface area contributed by atoms with Crippen molar-refractivity contribution in [3.8, 4) is 16.8 Å². The van der Waals surface area contributed by atoms with Crippen molar-refractivity contribution < 1.29 is 9.50 Å². The van der Waals surface area contributed by atoms with Gasteiger partial charge in [-0.2, -0.15) is 0 Å². The minimum absolute atomic E-state index is 0.347. The van der Waals surface area contributed by atoms with Gasteiger partial charge >= 0.3 is 0 Å². The van der Waals surface area contributed by atoms with Gasteiger partial charge in [0, 0.05) is 11.3 Å². The summed E-state index contributed by atoms with van der Waals surface area (Å²) >= 11 is 6.37. The molecule has 0 aliphatic heterocycles. The topological polar surface area (TPSA) is 38.0 Å². The molecule has 136 valence electrons. The lowest BCUT2D eigenvalue weighted by Gasteiger charge is -2.11. The summed E-state index contributed by atoms with van der Waals surface area (Å²) in [6.45, 7) is 3.58. The number of nitrogens with zero attached hydrogens (tertiary/aromatic N) is 2. The lowest BCUT2D eigenvalue weighted by atomic mass is 10.0. The van der Waals surface area contributed by atoms with Crippen LogP contribution >= 0.6 is 11.6 Å². The van der Waals surface area contributed by atoms with Crippen molar-refractivity contribution in [1.29, 1.82) is 0 Å². The summed E-state index contributed by atoms with van der Waals surface area (Å²) in [4.78, 5) is 4.44. The van der Waals surface area contributed by atoms with Gasteiger partial charge < -0.3 is 5.11 Å². The molecule has 0 saturated carbocycles. The predicted molar refractivity (Wildman–Crippen MR) is 107 cm³/mol. The summed E-state index contributed by atoms with van der Waals surface area (Å²) in [6.07, 6.45) is 1.18. The molecule has 0 aliphatic rings. The molecule has 1 aromatic heterocycles. The predicted octanol–water partition coefficient (Wildman–Crippen LogP) is 5.85. The average molecular weight is 381 g/mol. The third-order valence-electron chi connectivity index (χ3n) is 4.75. The highest BCUT2D eigenvalue weighted by Crippen LogP contribution is 2.34. The van der Waals surface area contributed by atoms with Crippen molar-refractivity contribution in [2.45, 2.75) is 20.0 Å². The molecule has 3 nitrogen and oxygen atoms in total.